The van der Waals surface area contributed by atoms with Gasteiger partial charge >= 0.3 is 12.1 Å². The van der Waals surface area contributed by atoms with Crippen molar-refractivity contribution >= 4 is 22.8 Å². The fraction of sp³-hybridized carbons (Fsp3) is 0.476. The van der Waals surface area contributed by atoms with Crippen LogP contribution in [0.5, 0.6) is 11.5 Å². The minimum absolute atomic E-state index is 0.0760. The number of amides is 1. The summed E-state index contributed by atoms with van der Waals surface area (Å²) in [5.74, 6) is 0.709. The number of aromatic nitrogens is 1. The van der Waals surface area contributed by atoms with Crippen molar-refractivity contribution in [1.29, 1.82) is 0 Å². The van der Waals surface area contributed by atoms with E-state index in [0.29, 0.717) is 29.4 Å². The number of fused-ring (bicyclic) bond motifs is 1. The summed E-state index contributed by atoms with van der Waals surface area (Å²) in [6, 6.07) is 3.57. The van der Waals surface area contributed by atoms with Gasteiger partial charge in [0.05, 0.1) is 39.5 Å². The third kappa shape index (κ3) is 5.97. The van der Waals surface area contributed by atoms with E-state index in [9.17, 15) is 9.59 Å². The predicted octanol–water partition coefficient (Wildman–Crippen LogP) is 3.38. The Kier molecular flexibility index (Phi) is 7.25. The average molecular weight is 404 g/mol. The number of hydrogen-bond donors (Lipinski definition) is 1. The Bertz CT molecular complexity index is 889. The van der Waals surface area contributed by atoms with E-state index in [0.717, 1.165) is 10.8 Å². The fourth-order valence-electron chi connectivity index (χ4n) is 2.80. The number of rotatable bonds is 7. The summed E-state index contributed by atoms with van der Waals surface area (Å²) in [7, 11) is 3.08. The van der Waals surface area contributed by atoms with Gasteiger partial charge in [-0.15, -0.1) is 0 Å². The molecule has 8 heteroatoms. The molecule has 0 aliphatic heterocycles. The van der Waals surface area contributed by atoms with Crippen molar-refractivity contribution in [3.63, 3.8) is 0 Å². The molecule has 0 aliphatic carbocycles. The SMILES string of the molecule is CCOC(=O)Cc1cnc(CNC(=O)OC(C)(C)C)c2cc(OC)c(OC)cc12. The van der Waals surface area contributed by atoms with Crippen molar-refractivity contribution in [3.8, 4) is 11.5 Å². The maximum Gasteiger partial charge on any atom is 0.407 e. The minimum atomic E-state index is -0.598. The molecule has 2 aromatic rings. The average Bonchev–Trinajstić information content (AvgIpc) is 2.65. The summed E-state index contributed by atoms with van der Waals surface area (Å²) >= 11 is 0. The van der Waals surface area contributed by atoms with Crippen LogP contribution in [0.2, 0.25) is 0 Å². The van der Waals surface area contributed by atoms with Gasteiger partial charge in [-0.25, -0.2) is 4.79 Å². The molecule has 1 aromatic heterocycles. The molecule has 1 N–H and O–H groups in total. The Morgan fingerprint density at radius 1 is 1.07 bits per heavy atom. The molecule has 8 nitrogen and oxygen atoms in total. The monoisotopic (exact) mass is 404 g/mol. The van der Waals surface area contributed by atoms with Gasteiger partial charge < -0.3 is 24.3 Å². The molecule has 1 amide bonds. The molecule has 1 aromatic carbocycles. The van der Waals surface area contributed by atoms with Crippen LogP contribution in [0.3, 0.4) is 0 Å². The number of nitrogens with zero attached hydrogens (tertiary/aromatic N) is 1. The van der Waals surface area contributed by atoms with Gasteiger partial charge in [0, 0.05) is 11.6 Å². The number of alkyl carbamates (subject to hydrolysis) is 1. The van der Waals surface area contributed by atoms with E-state index in [1.54, 1.807) is 53.1 Å². The van der Waals surface area contributed by atoms with E-state index in [-0.39, 0.29) is 18.9 Å². The molecule has 1 heterocycles. The van der Waals surface area contributed by atoms with Crippen LogP contribution in [0.15, 0.2) is 18.3 Å². The lowest BCUT2D eigenvalue weighted by Crippen LogP contribution is -2.32. The minimum Gasteiger partial charge on any atom is -0.493 e. The van der Waals surface area contributed by atoms with Gasteiger partial charge in [0.15, 0.2) is 11.5 Å². The lowest BCUT2D eigenvalue weighted by Gasteiger charge is -2.20. The summed E-state index contributed by atoms with van der Waals surface area (Å²) in [6.07, 6.45) is 1.15. The molecule has 0 bridgehead atoms. The number of carbonyl (C=O) groups excluding carboxylic acids is 2. The topological polar surface area (TPSA) is 96.0 Å². The van der Waals surface area contributed by atoms with Gasteiger partial charge in [-0.05, 0) is 50.8 Å². The Morgan fingerprint density at radius 2 is 1.69 bits per heavy atom. The Labute approximate surface area is 170 Å². The number of hydrogen-bond acceptors (Lipinski definition) is 7. The van der Waals surface area contributed by atoms with Crippen molar-refractivity contribution < 1.29 is 28.5 Å². The molecule has 2 rings (SSSR count). The van der Waals surface area contributed by atoms with E-state index in [4.69, 9.17) is 18.9 Å². The molecule has 0 atom stereocenters. The van der Waals surface area contributed by atoms with Crippen LogP contribution in [0, 0.1) is 0 Å². The third-order valence-corrected chi connectivity index (χ3v) is 4.00. The lowest BCUT2D eigenvalue weighted by molar-refractivity contribution is -0.142. The van der Waals surface area contributed by atoms with Crippen LogP contribution in [-0.4, -0.2) is 43.5 Å². The molecule has 0 radical (unpaired) electrons. The van der Waals surface area contributed by atoms with Gasteiger partial charge in [0.2, 0.25) is 0 Å². The number of pyridine rings is 1. The highest BCUT2D eigenvalue weighted by Gasteiger charge is 2.18. The first-order chi connectivity index (χ1) is 13.7. The van der Waals surface area contributed by atoms with Crippen LogP contribution in [0.1, 0.15) is 39.0 Å². The molecule has 29 heavy (non-hydrogen) atoms. The Morgan fingerprint density at radius 3 is 2.24 bits per heavy atom. The van der Waals surface area contributed by atoms with Crippen molar-refractivity contribution in [1.82, 2.24) is 10.3 Å². The summed E-state index contributed by atoms with van der Waals surface area (Å²) in [4.78, 5) is 28.4. The number of carbonyl (C=O) groups is 2. The van der Waals surface area contributed by atoms with Crippen molar-refractivity contribution in [3.05, 3.63) is 29.6 Å². The van der Waals surface area contributed by atoms with Crippen LogP contribution < -0.4 is 14.8 Å². The van der Waals surface area contributed by atoms with Crippen molar-refractivity contribution in [2.75, 3.05) is 20.8 Å². The van der Waals surface area contributed by atoms with Crippen molar-refractivity contribution in [2.24, 2.45) is 0 Å². The second kappa shape index (κ2) is 9.45. The predicted molar refractivity (Wildman–Crippen MR) is 108 cm³/mol. The summed E-state index contributed by atoms with van der Waals surface area (Å²) < 4.78 is 21.1. The van der Waals surface area contributed by atoms with Gasteiger partial charge in [-0.3, -0.25) is 9.78 Å². The fourth-order valence-corrected chi connectivity index (χ4v) is 2.80. The Hall–Kier alpha value is -3.03. The summed E-state index contributed by atoms with van der Waals surface area (Å²) in [6.45, 7) is 7.60. The van der Waals surface area contributed by atoms with Crippen LogP contribution in [0.4, 0.5) is 4.79 Å². The van der Waals surface area contributed by atoms with E-state index in [1.807, 2.05) is 0 Å². The molecule has 0 fully saturated rings. The zero-order chi connectivity index (χ0) is 21.6. The number of benzene rings is 1. The normalized spacial score (nSPS) is 11.1. The summed E-state index contributed by atoms with van der Waals surface area (Å²) in [5.41, 5.74) is 0.708. The second-order valence-corrected chi connectivity index (χ2v) is 7.32. The zero-order valence-electron chi connectivity index (χ0n) is 17.8. The number of methoxy groups -OCH3 is 2. The molecule has 0 unspecified atom stereocenters. The van der Waals surface area contributed by atoms with E-state index in [1.165, 1.54) is 7.11 Å². The molecule has 0 saturated carbocycles. The van der Waals surface area contributed by atoms with Crippen molar-refractivity contribution in [2.45, 2.75) is 46.3 Å². The maximum absolute atomic E-state index is 12.0. The van der Waals surface area contributed by atoms with Gasteiger partial charge in [0.25, 0.3) is 0 Å². The standard InChI is InChI=1S/C21H28N2O6/c1-7-28-19(24)8-13-11-22-16(12-23-20(25)29-21(2,3)4)15-10-18(27-6)17(26-5)9-14(13)15/h9-11H,7-8,12H2,1-6H3,(H,23,25). The first kappa shape index (κ1) is 22.3. The van der Waals surface area contributed by atoms with Gasteiger partial charge in [0.1, 0.15) is 5.60 Å². The molecular weight excluding hydrogens is 376 g/mol. The quantitative estimate of drug-likeness (QED) is 0.707. The summed E-state index contributed by atoms with van der Waals surface area (Å²) in [5, 5.41) is 4.21. The molecule has 158 valence electrons. The van der Waals surface area contributed by atoms with E-state index < -0.39 is 11.7 Å². The zero-order valence-corrected chi connectivity index (χ0v) is 17.8. The number of esters is 1. The van der Waals surface area contributed by atoms with Gasteiger partial charge in [-0.1, -0.05) is 0 Å². The molecule has 0 spiro atoms. The molecule has 0 aliphatic rings. The largest absolute Gasteiger partial charge is 0.493 e. The highest BCUT2D eigenvalue weighted by atomic mass is 16.6. The van der Waals surface area contributed by atoms with E-state index >= 15 is 0 Å². The first-order valence-electron chi connectivity index (χ1n) is 9.33. The first-order valence-corrected chi connectivity index (χ1v) is 9.33. The van der Waals surface area contributed by atoms with Crippen LogP contribution in [0.25, 0.3) is 10.8 Å². The highest BCUT2D eigenvalue weighted by molar-refractivity contribution is 5.93. The van der Waals surface area contributed by atoms with Crippen LogP contribution >= 0.6 is 0 Å². The van der Waals surface area contributed by atoms with E-state index in [2.05, 4.69) is 10.3 Å². The highest BCUT2D eigenvalue weighted by Crippen LogP contribution is 2.35. The maximum atomic E-state index is 12.0. The second-order valence-electron chi connectivity index (χ2n) is 7.32. The van der Waals surface area contributed by atoms with Crippen LogP contribution in [-0.2, 0) is 27.2 Å². The Balaban J connectivity index is 2.43. The molecule has 0 saturated heterocycles. The smallest absolute Gasteiger partial charge is 0.407 e. The number of nitrogens with one attached hydrogen (secondary N) is 1. The molecular formula is C21H28N2O6. The third-order valence-electron chi connectivity index (χ3n) is 4.00. The van der Waals surface area contributed by atoms with Gasteiger partial charge in [-0.2, -0.15) is 0 Å². The number of ether oxygens (including phenoxy) is 4. The lowest BCUT2D eigenvalue weighted by atomic mass is 10.0.